The fraction of sp³-hybridized carbons (Fsp3) is 0.294. The predicted octanol–water partition coefficient (Wildman–Crippen LogP) is 2.76. The Morgan fingerprint density at radius 3 is 2.48 bits per heavy atom. The second kappa shape index (κ2) is 6.42. The minimum Gasteiger partial charge on any atom is -0.347 e. The Morgan fingerprint density at radius 2 is 1.87 bits per heavy atom. The molecule has 6 heteroatoms. The van der Waals surface area contributed by atoms with Gasteiger partial charge in [0.15, 0.2) is 0 Å². The van der Waals surface area contributed by atoms with Crippen LogP contribution in [0.15, 0.2) is 46.6 Å². The summed E-state index contributed by atoms with van der Waals surface area (Å²) in [5.74, 6) is -0.160. The van der Waals surface area contributed by atoms with E-state index in [0.717, 1.165) is 15.9 Å². The maximum absolute atomic E-state index is 12.5. The van der Waals surface area contributed by atoms with Crippen molar-refractivity contribution >= 4 is 28.3 Å². The van der Waals surface area contributed by atoms with Crippen molar-refractivity contribution in [1.82, 2.24) is 14.5 Å². The molecule has 1 unspecified atom stereocenters. The average molecular weight is 329 g/mol. The van der Waals surface area contributed by atoms with E-state index in [1.807, 2.05) is 55.6 Å². The van der Waals surface area contributed by atoms with E-state index in [0.29, 0.717) is 6.54 Å². The minimum atomic E-state index is -0.160. The number of thiophene rings is 1. The van der Waals surface area contributed by atoms with Gasteiger partial charge in [0.2, 0.25) is 5.91 Å². The van der Waals surface area contributed by atoms with Gasteiger partial charge < -0.3 is 5.32 Å². The van der Waals surface area contributed by atoms with Gasteiger partial charge in [-0.2, -0.15) is 0 Å². The van der Waals surface area contributed by atoms with Gasteiger partial charge in [-0.15, -0.1) is 11.3 Å². The van der Waals surface area contributed by atoms with Gasteiger partial charge in [-0.1, -0.05) is 18.2 Å². The van der Waals surface area contributed by atoms with Gasteiger partial charge in [-0.05, 0) is 37.4 Å². The molecular formula is C17H19N3O2S. The number of carbonyl (C=O) groups excluding carboxylic acids is 1. The van der Waals surface area contributed by atoms with E-state index >= 15 is 0 Å². The zero-order valence-corrected chi connectivity index (χ0v) is 14.0. The molecule has 120 valence electrons. The quantitative estimate of drug-likeness (QED) is 0.782. The number of para-hydroxylation sites is 2. The van der Waals surface area contributed by atoms with E-state index in [-0.39, 0.29) is 24.2 Å². The average Bonchev–Trinajstić information content (AvgIpc) is 3.15. The lowest BCUT2D eigenvalue weighted by Crippen LogP contribution is -2.34. The lowest BCUT2D eigenvalue weighted by Gasteiger charge is -2.12. The molecule has 0 radical (unpaired) electrons. The Morgan fingerprint density at radius 1 is 1.17 bits per heavy atom. The molecule has 0 aliphatic rings. The van der Waals surface area contributed by atoms with Gasteiger partial charge in [0.25, 0.3) is 0 Å². The summed E-state index contributed by atoms with van der Waals surface area (Å²) < 4.78 is 3.22. The molecule has 0 bridgehead atoms. The van der Waals surface area contributed by atoms with Crippen molar-refractivity contribution in [3.63, 3.8) is 0 Å². The summed E-state index contributed by atoms with van der Waals surface area (Å²) in [6.45, 7) is 4.49. The highest BCUT2D eigenvalue weighted by atomic mass is 32.1. The highest BCUT2D eigenvalue weighted by molar-refractivity contribution is 7.10. The molecule has 3 aromatic rings. The molecular weight excluding hydrogens is 310 g/mol. The third-order valence-corrected chi connectivity index (χ3v) is 4.95. The first-order chi connectivity index (χ1) is 11.1. The molecule has 1 aromatic carbocycles. The first kappa shape index (κ1) is 15.6. The molecule has 5 nitrogen and oxygen atoms in total. The van der Waals surface area contributed by atoms with Crippen molar-refractivity contribution in [3.05, 3.63) is 57.1 Å². The van der Waals surface area contributed by atoms with Crippen LogP contribution in [-0.2, 0) is 17.9 Å². The number of rotatable bonds is 5. The number of benzene rings is 1. The zero-order valence-electron chi connectivity index (χ0n) is 13.2. The van der Waals surface area contributed by atoms with E-state index in [4.69, 9.17) is 0 Å². The Bertz CT molecular complexity index is 877. The number of aromatic nitrogens is 2. The van der Waals surface area contributed by atoms with Crippen molar-refractivity contribution in [1.29, 1.82) is 0 Å². The van der Waals surface area contributed by atoms with E-state index in [1.54, 1.807) is 15.9 Å². The van der Waals surface area contributed by atoms with E-state index < -0.39 is 0 Å². The maximum Gasteiger partial charge on any atom is 0.329 e. The fourth-order valence-electron chi connectivity index (χ4n) is 2.77. The molecule has 0 saturated carbocycles. The van der Waals surface area contributed by atoms with Crippen molar-refractivity contribution < 1.29 is 4.79 Å². The summed E-state index contributed by atoms with van der Waals surface area (Å²) in [5.41, 5.74) is 1.50. The second-order valence-electron chi connectivity index (χ2n) is 5.41. The number of aryl methyl sites for hydroxylation is 1. The number of carbonyl (C=O) groups is 1. The van der Waals surface area contributed by atoms with Crippen LogP contribution < -0.4 is 11.0 Å². The molecule has 1 amide bonds. The Hall–Kier alpha value is -2.34. The van der Waals surface area contributed by atoms with Crippen molar-refractivity contribution in [3.8, 4) is 0 Å². The molecule has 3 rings (SSSR count). The largest absolute Gasteiger partial charge is 0.347 e. The summed E-state index contributed by atoms with van der Waals surface area (Å²) in [6, 6.07) is 11.5. The minimum absolute atomic E-state index is 0.0298. The molecule has 23 heavy (non-hydrogen) atoms. The molecule has 0 aliphatic carbocycles. The third kappa shape index (κ3) is 2.94. The van der Waals surface area contributed by atoms with E-state index in [9.17, 15) is 9.59 Å². The summed E-state index contributed by atoms with van der Waals surface area (Å²) in [5, 5.41) is 4.94. The summed E-state index contributed by atoms with van der Waals surface area (Å²) >= 11 is 1.61. The molecule has 2 aromatic heterocycles. The maximum atomic E-state index is 12.5. The molecule has 0 spiro atoms. The van der Waals surface area contributed by atoms with Crippen LogP contribution in [0.1, 0.15) is 24.8 Å². The standard InChI is InChI=1S/C17H19N3O2S/c1-3-19-13-7-4-5-8-14(13)20(17(19)22)11-16(21)18-12(2)15-9-6-10-23-15/h4-10,12H,3,11H2,1-2H3,(H,18,21). The van der Waals surface area contributed by atoms with Gasteiger partial charge in [-0.25, -0.2) is 4.79 Å². The topological polar surface area (TPSA) is 56.0 Å². The zero-order chi connectivity index (χ0) is 16.4. The fourth-order valence-corrected chi connectivity index (χ4v) is 3.50. The number of fused-ring (bicyclic) bond motifs is 1. The molecule has 0 fully saturated rings. The van der Waals surface area contributed by atoms with E-state index in [1.165, 1.54) is 4.57 Å². The Balaban J connectivity index is 1.85. The molecule has 2 heterocycles. The van der Waals surface area contributed by atoms with Crippen molar-refractivity contribution in [2.45, 2.75) is 33.0 Å². The third-order valence-electron chi connectivity index (χ3n) is 3.89. The molecule has 1 atom stereocenters. The molecule has 0 saturated heterocycles. The van der Waals surface area contributed by atoms with Crippen LogP contribution in [0.2, 0.25) is 0 Å². The van der Waals surface area contributed by atoms with Crippen LogP contribution in [0.5, 0.6) is 0 Å². The molecule has 0 aliphatic heterocycles. The lowest BCUT2D eigenvalue weighted by atomic mass is 10.2. The summed E-state index contributed by atoms with van der Waals surface area (Å²) in [4.78, 5) is 26.0. The van der Waals surface area contributed by atoms with Crippen LogP contribution in [0.25, 0.3) is 11.0 Å². The van der Waals surface area contributed by atoms with Crippen molar-refractivity contribution in [2.75, 3.05) is 0 Å². The second-order valence-corrected chi connectivity index (χ2v) is 6.39. The number of hydrogen-bond donors (Lipinski definition) is 1. The van der Waals surface area contributed by atoms with Gasteiger partial charge in [0.05, 0.1) is 17.1 Å². The Kier molecular flexibility index (Phi) is 4.34. The van der Waals surface area contributed by atoms with Gasteiger partial charge >= 0.3 is 5.69 Å². The number of imidazole rings is 1. The van der Waals surface area contributed by atoms with Gasteiger partial charge in [-0.3, -0.25) is 13.9 Å². The van der Waals surface area contributed by atoms with Crippen LogP contribution in [0, 0.1) is 0 Å². The molecule has 1 N–H and O–H groups in total. The van der Waals surface area contributed by atoms with E-state index in [2.05, 4.69) is 5.32 Å². The van der Waals surface area contributed by atoms with Crippen LogP contribution in [-0.4, -0.2) is 15.0 Å². The highest BCUT2D eigenvalue weighted by Gasteiger charge is 2.16. The number of amides is 1. The number of hydrogen-bond acceptors (Lipinski definition) is 3. The predicted molar refractivity (Wildman–Crippen MR) is 92.7 cm³/mol. The summed E-state index contributed by atoms with van der Waals surface area (Å²) in [6.07, 6.45) is 0. The smallest absolute Gasteiger partial charge is 0.329 e. The number of nitrogens with one attached hydrogen (secondary N) is 1. The van der Waals surface area contributed by atoms with Crippen LogP contribution in [0.3, 0.4) is 0 Å². The lowest BCUT2D eigenvalue weighted by molar-refractivity contribution is -0.122. The summed E-state index contributed by atoms with van der Waals surface area (Å²) in [7, 11) is 0. The van der Waals surface area contributed by atoms with Gasteiger partial charge in [0.1, 0.15) is 6.54 Å². The van der Waals surface area contributed by atoms with Gasteiger partial charge in [0, 0.05) is 11.4 Å². The highest BCUT2D eigenvalue weighted by Crippen LogP contribution is 2.18. The first-order valence-corrected chi connectivity index (χ1v) is 8.50. The van der Waals surface area contributed by atoms with Crippen LogP contribution in [0.4, 0.5) is 0 Å². The first-order valence-electron chi connectivity index (χ1n) is 7.62. The monoisotopic (exact) mass is 329 g/mol. The SMILES string of the molecule is CCn1c(=O)n(CC(=O)NC(C)c2cccs2)c2ccccc21. The van der Waals surface area contributed by atoms with Crippen molar-refractivity contribution in [2.24, 2.45) is 0 Å². The number of nitrogens with zero attached hydrogens (tertiary/aromatic N) is 2. The normalized spacial score (nSPS) is 12.4. The van der Waals surface area contributed by atoms with Crippen LogP contribution >= 0.6 is 11.3 Å². The Labute approximate surface area is 138 Å².